The Morgan fingerprint density at radius 3 is 0.974 bits per heavy atom. The maximum atomic E-state index is 9.97. The zero-order chi connectivity index (χ0) is 30.4. The van der Waals surface area contributed by atoms with Crippen molar-refractivity contribution in [1.82, 2.24) is 0 Å². The van der Waals surface area contributed by atoms with Crippen LogP contribution in [0.2, 0.25) is 0 Å². The standard InChI is InChI=1S/3C9H16O3.C2H3Si/c3*1-2-3-4-5-7-12-8-6-9(10)11;1-2-3/h3*6,8H,2-5,7H2,1H3,(H,10,11);2H,1H2. The lowest BCUT2D eigenvalue weighted by molar-refractivity contribution is -0.132. The Balaban J connectivity index is -0.000000224. The van der Waals surface area contributed by atoms with Gasteiger partial charge in [-0.15, -0.1) is 12.3 Å². The average molecular weight is 572 g/mol. The van der Waals surface area contributed by atoms with E-state index in [9.17, 15) is 14.4 Å². The Labute approximate surface area is 239 Å². The molecule has 0 aliphatic rings. The van der Waals surface area contributed by atoms with Crippen LogP contribution in [0.15, 0.2) is 49.3 Å². The van der Waals surface area contributed by atoms with Crippen LogP contribution in [0, 0.1) is 0 Å². The van der Waals surface area contributed by atoms with Gasteiger partial charge in [-0.2, -0.15) is 0 Å². The van der Waals surface area contributed by atoms with Crippen molar-refractivity contribution < 1.29 is 43.9 Å². The number of aliphatic carboxylic acids is 3. The monoisotopic (exact) mass is 571 g/mol. The van der Waals surface area contributed by atoms with E-state index < -0.39 is 17.9 Å². The van der Waals surface area contributed by atoms with Gasteiger partial charge in [0.1, 0.15) is 0 Å². The van der Waals surface area contributed by atoms with Gasteiger partial charge in [0, 0.05) is 0 Å². The zero-order valence-electron chi connectivity index (χ0n) is 24.1. The highest BCUT2D eigenvalue weighted by atomic mass is 28.1. The molecule has 0 fully saturated rings. The minimum absolute atomic E-state index is 0.615. The van der Waals surface area contributed by atoms with Gasteiger partial charge in [0.2, 0.25) is 0 Å². The average Bonchev–Trinajstić information content (AvgIpc) is 2.88. The molecule has 0 saturated heterocycles. The number of hydrogen-bond donors (Lipinski definition) is 3. The molecule has 0 saturated carbocycles. The van der Waals surface area contributed by atoms with Crippen LogP contribution < -0.4 is 0 Å². The number of hydrogen-bond acceptors (Lipinski definition) is 6. The predicted molar refractivity (Wildman–Crippen MR) is 157 cm³/mol. The SMILES string of the molecule is C=C[Si].CCCCCCOC=CC(=O)O.CCCCCCOC=CC(=O)O.CCCCCCOC=CC(=O)O. The van der Waals surface area contributed by atoms with Crippen molar-refractivity contribution in [3.05, 3.63) is 49.3 Å². The van der Waals surface area contributed by atoms with Gasteiger partial charge in [0.25, 0.3) is 0 Å². The fourth-order valence-electron chi connectivity index (χ4n) is 2.36. The topological polar surface area (TPSA) is 140 Å². The number of rotatable bonds is 21. The third-order valence-electron chi connectivity index (χ3n) is 4.27. The fraction of sp³-hybridized carbons (Fsp3) is 0.621. The normalized spacial score (nSPS) is 9.95. The lowest BCUT2D eigenvalue weighted by atomic mass is 10.2. The van der Waals surface area contributed by atoms with E-state index in [2.05, 4.69) is 37.6 Å². The van der Waals surface area contributed by atoms with Crippen molar-refractivity contribution in [1.29, 1.82) is 0 Å². The van der Waals surface area contributed by atoms with Gasteiger partial charge >= 0.3 is 17.9 Å². The Morgan fingerprint density at radius 1 is 0.564 bits per heavy atom. The van der Waals surface area contributed by atoms with Crippen LogP contribution in [-0.4, -0.2) is 63.3 Å². The summed E-state index contributed by atoms with van der Waals surface area (Å²) < 4.78 is 14.8. The van der Waals surface area contributed by atoms with Crippen molar-refractivity contribution in [2.24, 2.45) is 0 Å². The van der Waals surface area contributed by atoms with Crippen LogP contribution in [0.25, 0.3) is 0 Å². The van der Waals surface area contributed by atoms with Crippen LogP contribution in [0.3, 0.4) is 0 Å². The first-order chi connectivity index (χ1) is 18.7. The van der Waals surface area contributed by atoms with Crippen LogP contribution in [0.1, 0.15) is 97.8 Å². The second-order valence-electron chi connectivity index (χ2n) is 7.92. The first-order valence-corrected chi connectivity index (χ1v) is 14.1. The van der Waals surface area contributed by atoms with Crippen molar-refractivity contribution in [2.75, 3.05) is 19.8 Å². The molecule has 0 aliphatic carbocycles. The van der Waals surface area contributed by atoms with Gasteiger partial charge < -0.3 is 29.5 Å². The molecular formula is C29H51O9Si. The first-order valence-electron chi connectivity index (χ1n) is 13.5. The predicted octanol–water partition coefficient (Wildman–Crippen LogP) is 6.84. The molecule has 9 nitrogen and oxygen atoms in total. The van der Waals surface area contributed by atoms with Crippen molar-refractivity contribution in [2.45, 2.75) is 97.8 Å². The summed E-state index contributed by atoms with van der Waals surface area (Å²) in [6, 6.07) is 0. The summed E-state index contributed by atoms with van der Waals surface area (Å²) >= 11 is 0. The summed E-state index contributed by atoms with van der Waals surface area (Å²) in [5, 5.41) is 24.6. The van der Waals surface area contributed by atoms with Crippen molar-refractivity contribution in [3.8, 4) is 0 Å². The zero-order valence-corrected chi connectivity index (χ0v) is 25.1. The van der Waals surface area contributed by atoms with Gasteiger partial charge in [-0.1, -0.05) is 78.6 Å². The molecule has 0 aromatic heterocycles. The molecule has 0 spiro atoms. The maximum Gasteiger partial charge on any atom is 0.331 e. The maximum absolute atomic E-state index is 9.97. The highest BCUT2D eigenvalue weighted by molar-refractivity contribution is 6.16. The molecule has 0 heterocycles. The molecule has 0 aliphatic heterocycles. The molecule has 3 N–H and O–H groups in total. The summed E-state index contributed by atoms with van der Waals surface area (Å²) in [4.78, 5) is 29.9. The number of unbranched alkanes of at least 4 members (excludes halogenated alkanes) is 9. The summed E-state index contributed by atoms with van der Waals surface area (Å²) in [5.41, 5.74) is 1.56. The van der Waals surface area contributed by atoms with Crippen LogP contribution in [-0.2, 0) is 28.6 Å². The summed E-state index contributed by atoms with van der Waals surface area (Å²) in [6.45, 7) is 11.6. The lowest BCUT2D eigenvalue weighted by Crippen LogP contribution is -1.90. The van der Waals surface area contributed by atoms with Crippen LogP contribution in [0.5, 0.6) is 0 Å². The van der Waals surface area contributed by atoms with E-state index in [4.69, 9.17) is 29.5 Å². The van der Waals surface area contributed by atoms with E-state index in [1.165, 1.54) is 57.3 Å². The summed E-state index contributed by atoms with van der Waals surface area (Å²) in [5.74, 6) is -2.91. The molecule has 3 radical (unpaired) electrons. The van der Waals surface area contributed by atoms with Gasteiger partial charge in [0.15, 0.2) is 0 Å². The number of carbonyl (C=O) groups is 3. The van der Waals surface area contributed by atoms with Gasteiger partial charge in [-0.25, -0.2) is 14.4 Å². The number of carboxylic acid groups (broad SMARTS) is 3. The third-order valence-corrected chi connectivity index (χ3v) is 4.27. The van der Waals surface area contributed by atoms with E-state index in [1.54, 1.807) is 5.70 Å². The third kappa shape index (κ3) is 66.2. The summed E-state index contributed by atoms with van der Waals surface area (Å²) in [7, 11) is 2.95. The van der Waals surface area contributed by atoms with E-state index in [0.717, 1.165) is 56.8 Å². The molecule has 0 aromatic carbocycles. The molecule has 0 rings (SSSR count). The Kier molecular flexibility index (Phi) is 46.5. The molecular weight excluding hydrogens is 520 g/mol. The second-order valence-corrected chi connectivity index (χ2v) is 8.33. The molecule has 0 atom stereocenters. The number of carboxylic acids is 3. The highest BCUT2D eigenvalue weighted by Crippen LogP contribution is 2.00. The molecule has 0 amide bonds. The van der Waals surface area contributed by atoms with Gasteiger partial charge in [-0.05, 0) is 19.3 Å². The molecule has 225 valence electrons. The minimum atomic E-state index is -0.969. The highest BCUT2D eigenvalue weighted by Gasteiger charge is 1.89. The minimum Gasteiger partial charge on any atom is -0.501 e. The Morgan fingerprint density at radius 2 is 0.795 bits per heavy atom. The molecule has 0 bridgehead atoms. The van der Waals surface area contributed by atoms with Crippen molar-refractivity contribution in [3.63, 3.8) is 0 Å². The van der Waals surface area contributed by atoms with E-state index in [-0.39, 0.29) is 0 Å². The second kappa shape index (κ2) is 42.1. The quantitative estimate of drug-likeness (QED) is 0.0584. The number of ether oxygens (including phenoxy) is 3. The Bertz CT molecular complexity index is 551. The molecule has 39 heavy (non-hydrogen) atoms. The van der Waals surface area contributed by atoms with Crippen molar-refractivity contribution >= 4 is 28.2 Å². The molecule has 0 aromatic rings. The first kappa shape index (κ1) is 43.1. The van der Waals surface area contributed by atoms with Crippen LogP contribution in [0.4, 0.5) is 0 Å². The van der Waals surface area contributed by atoms with E-state index in [0.29, 0.717) is 19.8 Å². The molecule has 0 unspecified atom stereocenters. The fourth-order valence-corrected chi connectivity index (χ4v) is 2.36. The van der Waals surface area contributed by atoms with E-state index in [1.807, 2.05) is 0 Å². The molecule has 10 heteroatoms. The van der Waals surface area contributed by atoms with Gasteiger partial charge in [-0.3, -0.25) is 0 Å². The van der Waals surface area contributed by atoms with Crippen LogP contribution >= 0.6 is 0 Å². The largest absolute Gasteiger partial charge is 0.501 e. The smallest absolute Gasteiger partial charge is 0.331 e. The van der Waals surface area contributed by atoms with Gasteiger partial charge in [0.05, 0.1) is 67.1 Å². The Hall–Kier alpha value is -3.01. The lowest BCUT2D eigenvalue weighted by Gasteiger charge is -1.98. The summed E-state index contributed by atoms with van der Waals surface area (Å²) in [6.07, 6.45) is 20.4. The van der Waals surface area contributed by atoms with E-state index >= 15 is 0 Å².